The van der Waals surface area contributed by atoms with Crippen LogP contribution in [0.5, 0.6) is 0 Å². The highest BCUT2D eigenvalue weighted by molar-refractivity contribution is 5.81. The van der Waals surface area contributed by atoms with Crippen LogP contribution in [0.1, 0.15) is 6.92 Å². The lowest BCUT2D eigenvalue weighted by molar-refractivity contribution is -0.352. The highest BCUT2D eigenvalue weighted by atomic mass is 16.8. The van der Waals surface area contributed by atoms with Crippen LogP contribution in [-0.4, -0.2) is 33.4 Å². The highest BCUT2D eigenvalue weighted by Crippen LogP contribution is 2.07. The molecule has 11 heavy (non-hydrogen) atoms. The minimum absolute atomic E-state index is 0.754. The summed E-state index contributed by atoms with van der Waals surface area (Å²) in [5.74, 6) is -3.86. The van der Waals surface area contributed by atoms with Gasteiger partial charge in [-0.1, -0.05) is 6.58 Å². The normalized spacial score (nSPS) is 13.8. The van der Waals surface area contributed by atoms with Crippen LogP contribution in [0.3, 0.4) is 0 Å². The fraction of sp³-hybridized carbons (Fsp3) is 0.500. The second kappa shape index (κ2) is 3.47. The smallest absolute Gasteiger partial charge is 0.351 e. The van der Waals surface area contributed by atoms with Gasteiger partial charge in [0.2, 0.25) is 0 Å². The maximum atomic E-state index is 10.4. The van der Waals surface area contributed by atoms with E-state index in [1.807, 2.05) is 0 Å². The molecule has 0 aliphatic heterocycles. The zero-order valence-electron chi connectivity index (χ0n) is 6.02. The lowest BCUT2D eigenvalue weighted by Gasteiger charge is -2.22. The molecule has 0 spiro atoms. The summed E-state index contributed by atoms with van der Waals surface area (Å²) in [4.78, 5) is 10.4. The molecule has 0 heterocycles. The standard InChI is InChI=1S/C6H10O5/c1-3-5(8)11-6(9,10)4(2)7/h3-4,7,9-10H,1H2,2H3. The third-order valence-electron chi connectivity index (χ3n) is 0.962. The fourth-order valence-electron chi connectivity index (χ4n) is 0.275. The van der Waals surface area contributed by atoms with Gasteiger partial charge in [-0.15, -0.1) is 0 Å². The summed E-state index contributed by atoms with van der Waals surface area (Å²) >= 11 is 0. The van der Waals surface area contributed by atoms with Crippen molar-refractivity contribution in [2.24, 2.45) is 0 Å². The molecule has 0 aliphatic rings. The molecule has 0 bridgehead atoms. The molecule has 0 aliphatic carbocycles. The summed E-state index contributed by atoms with van der Waals surface area (Å²) in [5.41, 5.74) is 0. The van der Waals surface area contributed by atoms with Crippen LogP contribution < -0.4 is 0 Å². The van der Waals surface area contributed by atoms with E-state index in [4.69, 9.17) is 15.3 Å². The average molecular weight is 162 g/mol. The minimum atomic E-state index is -2.84. The molecule has 0 aromatic rings. The number of carbonyl (C=O) groups is 1. The first-order chi connectivity index (χ1) is 4.90. The summed E-state index contributed by atoms with van der Waals surface area (Å²) in [7, 11) is 0. The van der Waals surface area contributed by atoms with Crippen molar-refractivity contribution in [2.45, 2.75) is 19.0 Å². The van der Waals surface area contributed by atoms with Gasteiger partial charge >= 0.3 is 11.9 Å². The van der Waals surface area contributed by atoms with Crippen LogP contribution in [0.25, 0.3) is 0 Å². The van der Waals surface area contributed by atoms with Crippen LogP contribution >= 0.6 is 0 Å². The van der Waals surface area contributed by atoms with Crippen molar-refractivity contribution >= 4 is 5.97 Å². The summed E-state index contributed by atoms with van der Waals surface area (Å²) < 4.78 is 3.95. The van der Waals surface area contributed by atoms with Gasteiger partial charge in [-0.05, 0) is 6.92 Å². The molecule has 0 saturated heterocycles. The predicted molar refractivity (Wildman–Crippen MR) is 35.1 cm³/mol. The lowest BCUT2D eigenvalue weighted by atomic mass is 10.3. The highest BCUT2D eigenvalue weighted by Gasteiger charge is 2.33. The zero-order chi connectivity index (χ0) is 9.07. The van der Waals surface area contributed by atoms with Gasteiger partial charge in [0, 0.05) is 6.08 Å². The molecule has 0 amide bonds. The molecule has 5 nitrogen and oxygen atoms in total. The molecule has 5 heteroatoms. The SMILES string of the molecule is C=CC(=O)OC(O)(O)C(C)O. The van der Waals surface area contributed by atoms with Crippen LogP contribution in [0.2, 0.25) is 0 Å². The molecular weight excluding hydrogens is 152 g/mol. The van der Waals surface area contributed by atoms with E-state index in [1.54, 1.807) is 0 Å². The number of hydrogen-bond donors (Lipinski definition) is 3. The Balaban J connectivity index is 4.11. The van der Waals surface area contributed by atoms with Gasteiger partial charge < -0.3 is 20.1 Å². The van der Waals surface area contributed by atoms with Gasteiger partial charge in [0.1, 0.15) is 6.10 Å². The summed E-state index contributed by atoms with van der Waals surface area (Å²) in [5, 5.41) is 26.0. The summed E-state index contributed by atoms with van der Waals surface area (Å²) in [6.45, 7) is 4.09. The molecular formula is C6H10O5. The Kier molecular flexibility index (Phi) is 3.18. The van der Waals surface area contributed by atoms with Crippen molar-refractivity contribution in [3.63, 3.8) is 0 Å². The number of ether oxygens (including phenoxy) is 1. The first kappa shape index (κ1) is 10.1. The third-order valence-corrected chi connectivity index (χ3v) is 0.962. The summed E-state index contributed by atoms with van der Waals surface area (Å²) in [6.07, 6.45) is -0.824. The number of aliphatic hydroxyl groups excluding tert-OH is 1. The van der Waals surface area contributed by atoms with Crippen molar-refractivity contribution in [1.29, 1.82) is 0 Å². The van der Waals surface area contributed by atoms with Crippen molar-refractivity contribution in [2.75, 3.05) is 0 Å². The van der Waals surface area contributed by atoms with E-state index in [2.05, 4.69) is 11.3 Å². The number of hydrogen-bond acceptors (Lipinski definition) is 5. The minimum Gasteiger partial charge on any atom is -0.403 e. The van der Waals surface area contributed by atoms with E-state index in [1.165, 1.54) is 0 Å². The van der Waals surface area contributed by atoms with Gasteiger partial charge in [-0.2, -0.15) is 0 Å². The molecule has 64 valence electrons. The Hall–Kier alpha value is -0.910. The Bertz CT molecular complexity index is 160. The second-order valence-corrected chi connectivity index (χ2v) is 1.96. The van der Waals surface area contributed by atoms with Crippen molar-refractivity contribution in [3.05, 3.63) is 12.7 Å². The zero-order valence-corrected chi connectivity index (χ0v) is 6.02. The molecule has 0 aromatic carbocycles. The molecule has 0 rings (SSSR count). The van der Waals surface area contributed by atoms with Crippen LogP contribution in [-0.2, 0) is 9.53 Å². The largest absolute Gasteiger partial charge is 0.403 e. The second-order valence-electron chi connectivity index (χ2n) is 1.96. The van der Waals surface area contributed by atoms with Crippen molar-refractivity contribution in [3.8, 4) is 0 Å². The topological polar surface area (TPSA) is 87.0 Å². The Morgan fingerprint density at radius 3 is 2.45 bits per heavy atom. The van der Waals surface area contributed by atoms with Crippen LogP contribution in [0.4, 0.5) is 0 Å². The van der Waals surface area contributed by atoms with Crippen molar-refractivity contribution in [1.82, 2.24) is 0 Å². The quantitative estimate of drug-likeness (QED) is 0.274. The average Bonchev–Trinajstić information content (AvgIpc) is 1.86. The molecule has 1 unspecified atom stereocenters. The van der Waals surface area contributed by atoms with Gasteiger partial charge in [0.15, 0.2) is 0 Å². The molecule has 0 fully saturated rings. The first-order valence-corrected chi connectivity index (χ1v) is 2.88. The van der Waals surface area contributed by atoms with Crippen molar-refractivity contribution < 1.29 is 24.9 Å². The van der Waals surface area contributed by atoms with E-state index >= 15 is 0 Å². The molecule has 0 saturated carbocycles. The Morgan fingerprint density at radius 1 is 1.73 bits per heavy atom. The number of aliphatic hydroxyl groups is 3. The predicted octanol–water partition coefficient (Wildman–Crippen LogP) is -1.27. The lowest BCUT2D eigenvalue weighted by Crippen LogP contribution is -2.44. The van der Waals surface area contributed by atoms with Crippen LogP contribution in [0, 0.1) is 0 Å². The molecule has 3 N–H and O–H groups in total. The Labute approximate surface area is 63.5 Å². The maximum absolute atomic E-state index is 10.4. The molecule has 0 radical (unpaired) electrons. The third kappa shape index (κ3) is 3.13. The van der Waals surface area contributed by atoms with Gasteiger partial charge in [0.05, 0.1) is 0 Å². The fourth-order valence-corrected chi connectivity index (χ4v) is 0.275. The van der Waals surface area contributed by atoms with Gasteiger partial charge in [-0.25, -0.2) is 4.79 Å². The number of rotatable bonds is 3. The molecule has 0 aromatic heterocycles. The summed E-state index contributed by atoms with van der Waals surface area (Å²) in [6, 6.07) is 0. The number of carbonyl (C=O) groups excluding carboxylic acids is 1. The van der Waals surface area contributed by atoms with E-state index < -0.39 is 18.0 Å². The Morgan fingerprint density at radius 2 is 2.18 bits per heavy atom. The van der Waals surface area contributed by atoms with Gasteiger partial charge in [-0.3, -0.25) is 0 Å². The van der Waals surface area contributed by atoms with E-state index in [0.29, 0.717) is 0 Å². The van der Waals surface area contributed by atoms with E-state index in [0.717, 1.165) is 13.0 Å². The van der Waals surface area contributed by atoms with E-state index in [9.17, 15) is 4.79 Å². The maximum Gasteiger partial charge on any atom is 0.351 e. The van der Waals surface area contributed by atoms with E-state index in [-0.39, 0.29) is 0 Å². The first-order valence-electron chi connectivity index (χ1n) is 2.88. The monoisotopic (exact) mass is 162 g/mol. The number of esters is 1. The van der Waals surface area contributed by atoms with Crippen LogP contribution in [0.15, 0.2) is 12.7 Å². The van der Waals surface area contributed by atoms with Gasteiger partial charge in [0.25, 0.3) is 0 Å². The molecule has 1 atom stereocenters.